The predicted molar refractivity (Wildman–Crippen MR) is 83.1 cm³/mol. The average Bonchev–Trinajstić information content (AvgIpc) is 2.40. The van der Waals surface area contributed by atoms with Crippen molar-refractivity contribution in [3.8, 4) is 11.5 Å². The Labute approximate surface area is 129 Å². The molecule has 0 radical (unpaired) electrons. The Morgan fingerprint density at radius 2 is 2.14 bits per heavy atom. The molecule has 0 aromatic heterocycles. The van der Waals surface area contributed by atoms with Crippen LogP contribution in [0.2, 0.25) is 0 Å². The SMILES string of the molecule is Cc1c(OCC(C)(C)O)ccc(C2=NNC(=O)CC2C)c1O. The highest BCUT2D eigenvalue weighted by Crippen LogP contribution is 2.33. The summed E-state index contributed by atoms with van der Waals surface area (Å²) in [5.74, 6) is 0.395. The van der Waals surface area contributed by atoms with Gasteiger partial charge < -0.3 is 14.9 Å². The summed E-state index contributed by atoms with van der Waals surface area (Å²) in [7, 11) is 0. The molecule has 6 heteroatoms. The molecule has 1 aromatic carbocycles. The molecule has 1 aliphatic heterocycles. The number of amides is 1. The Balaban J connectivity index is 2.29. The Kier molecular flexibility index (Phi) is 4.42. The predicted octanol–water partition coefficient (Wildman–Crippen LogP) is 1.71. The molecule has 120 valence electrons. The number of rotatable bonds is 4. The first-order chi connectivity index (χ1) is 10.2. The lowest BCUT2D eigenvalue weighted by Gasteiger charge is -2.22. The van der Waals surface area contributed by atoms with Gasteiger partial charge in [-0.05, 0) is 32.9 Å². The summed E-state index contributed by atoms with van der Waals surface area (Å²) >= 11 is 0. The van der Waals surface area contributed by atoms with Crippen LogP contribution in [0.25, 0.3) is 0 Å². The van der Waals surface area contributed by atoms with Crippen LogP contribution in [-0.4, -0.2) is 34.0 Å². The van der Waals surface area contributed by atoms with E-state index in [1.165, 1.54) is 0 Å². The van der Waals surface area contributed by atoms with Crippen LogP contribution in [0.1, 0.15) is 38.3 Å². The molecular formula is C16H22N2O4. The van der Waals surface area contributed by atoms with Crippen molar-refractivity contribution >= 4 is 11.6 Å². The molecule has 0 bridgehead atoms. The van der Waals surface area contributed by atoms with Gasteiger partial charge in [0, 0.05) is 23.5 Å². The van der Waals surface area contributed by atoms with Crippen molar-refractivity contribution < 1.29 is 19.7 Å². The zero-order valence-electron chi connectivity index (χ0n) is 13.3. The summed E-state index contributed by atoms with van der Waals surface area (Å²) in [6.45, 7) is 7.06. The van der Waals surface area contributed by atoms with E-state index in [0.717, 1.165) is 0 Å². The molecule has 0 saturated carbocycles. The molecule has 0 saturated heterocycles. The maximum absolute atomic E-state index is 11.3. The third-order valence-electron chi connectivity index (χ3n) is 3.50. The molecule has 1 heterocycles. The molecule has 6 nitrogen and oxygen atoms in total. The van der Waals surface area contributed by atoms with Gasteiger partial charge in [-0.15, -0.1) is 0 Å². The van der Waals surface area contributed by atoms with Gasteiger partial charge in [-0.25, -0.2) is 5.43 Å². The van der Waals surface area contributed by atoms with Gasteiger partial charge in [-0.1, -0.05) is 6.92 Å². The number of carbonyl (C=O) groups excluding carboxylic acids is 1. The Morgan fingerprint density at radius 1 is 1.45 bits per heavy atom. The zero-order chi connectivity index (χ0) is 16.5. The van der Waals surface area contributed by atoms with Gasteiger partial charge in [0.05, 0.1) is 11.3 Å². The van der Waals surface area contributed by atoms with Crippen molar-refractivity contribution in [3.05, 3.63) is 23.3 Å². The van der Waals surface area contributed by atoms with Crippen LogP contribution in [0.5, 0.6) is 11.5 Å². The third-order valence-corrected chi connectivity index (χ3v) is 3.50. The van der Waals surface area contributed by atoms with E-state index in [4.69, 9.17) is 4.74 Å². The van der Waals surface area contributed by atoms with E-state index >= 15 is 0 Å². The Bertz CT molecular complexity index is 617. The number of phenolic OH excluding ortho intramolecular Hbond substituents is 1. The van der Waals surface area contributed by atoms with Crippen molar-refractivity contribution in [2.75, 3.05) is 6.61 Å². The fourth-order valence-electron chi connectivity index (χ4n) is 2.28. The molecule has 2 rings (SSSR count). The van der Waals surface area contributed by atoms with Crippen molar-refractivity contribution in [1.29, 1.82) is 0 Å². The molecule has 0 fully saturated rings. The molecule has 22 heavy (non-hydrogen) atoms. The number of hydrazone groups is 1. The highest BCUT2D eigenvalue weighted by Gasteiger charge is 2.25. The number of carbonyl (C=O) groups is 1. The van der Waals surface area contributed by atoms with E-state index in [1.54, 1.807) is 32.9 Å². The van der Waals surface area contributed by atoms with E-state index in [9.17, 15) is 15.0 Å². The number of ether oxygens (including phenoxy) is 1. The van der Waals surface area contributed by atoms with E-state index in [1.807, 2.05) is 6.92 Å². The average molecular weight is 306 g/mol. The second-order valence-electron chi connectivity index (χ2n) is 6.32. The highest BCUT2D eigenvalue weighted by atomic mass is 16.5. The lowest BCUT2D eigenvalue weighted by Crippen LogP contribution is -2.32. The fourth-order valence-corrected chi connectivity index (χ4v) is 2.28. The van der Waals surface area contributed by atoms with Gasteiger partial charge in [-0.2, -0.15) is 5.10 Å². The molecule has 1 atom stereocenters. The van der Waals surface area contributed by atoms with Gasteiger partial charge >= 0.3 is 0 Å². The molecule has 3 N–H and O–H groups in total. The number of benzene rings is 1. The fraction of sp³-hybridized carbons (Fsp3) is 0.500. The molecule has 1 unspecified atom stereocenters. The number of nitrogens with one attached hydrogen (secondary N) is 1. The largest absolute Gasteiger partial charge is 0.507 e. The van der Waals surface area contributed by atoms with Crippen LogP contribution >= 0.6 is 0 Å². The number of aromatic hydroxyl groups is 1. The van der Waals surface area contributed by atoms with E-state index < -0.39 is 5.60 Å². The summed E-state index contributed by atoms with van der Waals surface area (Å²) in [4.78, 5) is 11.3. The first-order valence-electron chi connectivity index (χ1n) is 7.23. The summed E-state index contributed by atoms with van der Waals surface area (Å²) in [5, 5.41) is 24.2. The van der Waals surface area contributed by atoms with E-state index in [0.29, 0.717) is 29.0 Å². The van der Waals surface area contributed by atoms with Gasteiger partial charge in [-0.3, -0.25) is 4.79 Å². The molecule has 1 aliphatic rings. The van der Waals surface area contributed by atoms with Gasteiger partial charge in [0.15, 0.2) is 0 Å². The van der Waals surface area contributed by atoms with Crippen LogP contribution in [0.4, 0.5) is 0 Å². The normalized spacial score (nSPS) is 18.7. The van der Waals surface area contributed by atoms with Crippen molar-refractivity contribution in [2.24, 2.45) is 11.0 Å². The van der Waals surface area contributed by atoms with Crippen LogP contribution in [0.15, 0.2) is 17.2 Å². The zero-order valence-corrected chi connectivity index (χ0v) is 13.3. The molecular weight excluding hydrogens is 284 g/mol. The van der Waals surface area contributed by atoms with Gasteiger partial charge in [0.1, 0.15) is 18.1 Å². The minimum Gasteiger partial charge on any atom is -0.507 e. The smallest absolute Gasteiger partial charge is 0.240 e. The summed E-state index contributed by atoms with van der Waals surface area (Å²) in [5.41, 5.74) is 3.30. The number of nitrogens with zero attached hydrogens (tertiary/aromatic N) is 1. The third kappa shape index (κ3) is 3.57. The number of hydrogen-bond donors (Lipinski definition) is 3. The molecule has 1 amide bonds. The summed E-state index contributed by atoms with van der Waals surface area (Å²) in [6.07, 6.45) is 0.342. The van der Waals surface area contributed by atoms with Crippen molar-refractivity contribution in [1.82, 2.24) is 5.43 Å². The van der Waals surface area contributed by atoms with Crippen molar-refractivity contribution in [3.63, 3.8) is 0 Å². The maximum atomic E-state index is 11.3. The minimum atomic E-state index is -0.951. The lowest BCUT2D eigenvalue weighted by molar-refractivity contribution is -0.121. The van der Waals surface area contributed by atoms with Crippen molar-refractivity contribution in [2.45, 2.75) is 39.7 Å². The Hall–Kier alpha value is -2.08. The molecule has 0 aliphatic carbocycles. The second kappa shape index (κ2) is 5.96. The van der Waals surface area contributed by atoms with Crippen LogP contribution < -0.4 is 10.2 Å². The van der Waals surface area contributed by atoms with Gasteiger partial charge in [0.25, 0.3) is 0 Å². The second-order valence-corrected chi connectivity index (χ2v) is 6.32. The van der Waals surface area contributed by atoms with Crippen LogP contribution in [-0.2, 0) is 4.79 Å². The Morgan fingerprint density at radius 3 is 2.73 bits per heavy atom. The number of aliphatic hydroxyl groups is 1. The first-order valence-corrected chi connectivity index (χ1v) is 7.23. The van der Waals surface area contributed by atoms with E-state index in [-0.39, 0.29) is 24.2 Å². The lowest BCUT2D eigenvalue weighted by atomic mass is 9.92. The molecule has 0 spiro atoms. The monoisotopic (exact) mass is 306 g/mol. The minimum absolute atomic E-state index is 0.0674. The number of phenols is 1. The quantitative estimate of drug-likeness (QED) is 0.790. The summed E-state index contributed by atoms with van der Waals surface area (Å²) in [6, 6.07) is 3.46. The standard InChI is InChI=1S/C16H22N2O4/c1-9-7-13(19)17-18-14(9)11-5-6-12(10(2)15(11)20)22-8-16(3,4)21/h5-6,9,20-21H,7-8H2,1-4H3,(H,17,19). The first kappa shape index (κ1) is 16.3. The number of hydrogen-bond acceptors (Lipinski definition) is 5. The highest BCUT2D eigenvalue weighted by molar-refractivity contribution is 6.07. The van der Waals surface area contributed by atoms with Crippen LogP contribution in [0.3, 0.4) is 0 Å². The topological polar surface area (TPSA) is 91.2 Å². The van der Waals surface area contributed by atoms with Gasteiger partial charge in [0.2, 0.25) is 5.91 Å². The summed E-state index contributed by atoms with van der Waals surface area (Å²) < 4.78 is 5.55. The van der Waals surface area contributed by atoms with Crippen LogP contribution in [0, 0.1) is 12.8 Å². The maximum Gasteiger partial charge on any atom is 0.240 e. The van der Waals surface area contributed by atoms with E-state index in [2.05, 4.69) is 10.5 Å². The molecule has 1 aromatic rings.